The van der Waals surface area contributed by atoms with Crippen LogP contribution in [-0.4, -0.2) is 17.2 Å². The molecule has 0 atom stereocenters. The molecule has 2 aliphatic rings. The second kappa shape index (κ2) is 17.1. The molecule has 2 fully saturated rings. The lowest BCUT2D eigenvalue weighted by atomic mass is 9.89. The number of aryl methyl sites for hydroxylation is 2. The Labute approximate surface area is 267 Å². The molecule has 1 heterocycles. The number of hydrogen-bond acceptors (Lipinski definition) is 4. The predicted molar refractivity (Wildman–Crippen MR) is 191 cm³/mol. The van der Waals surface area contributed by atoms with Gasteiger partial charge in [-0.2, -0.15) is 0 Å². The number of aliphatic imine (C=N–C) groups is 1. The van der Waals surface area contributed by atoms with Gasteiger partial charge in [0.25, 0.3) is 0 Å². The average molecular weight is 595 g/mol. The Morgan fingerprint density at radius 3 is 2.11 bits per heavy atom. The lowest BCUT2D eigenvalue weighted by Gasteiger charge is -2.21. The summed E-state index contributed by atoms with van der Waals surface area (Å²) < 4.78 is 0. The monoisotopic (exact) mass is 594 g/mol. The molecule has 3 N–H and O–H groups in total. The van der Waals surface area contributed by atoms with Crippen molar-refractivity contribution in [3.63, 3.8) is 0 Å². The van der Waals surface area contributed by atoms with E-state index in [2.05, 4.69) is 67.7 Å². The number of benzene rings is 2. The smallest absolute Gasteiger partial charge is 0.157 e. The van der Waals surface area contributed by atoms with E-state index in [0.717, 1.165) is 60.4 Å². The number of rotatable bonds is 21. The minimum atomic E-state index is 0.670. The van der Waals surface area contributed by atoms with Crippen LogP contribution in [0.25, 0.3) is 10.9 Å². The Morgan fingerprint density at radius 1 is 0.841 bits per heavy atom. The molecular formula is C40H58N4. The van der Waals surface area contributed by atoms with Gasteiger partial charge in [-0.1, -0.05) is 101 Å². The van der Waals surface area contributed by atoms with E-state index in [1.807, 2.05) is 0 Å². The molecule has 2 aromatic carbocycles. The summed E-state index contributed by atoms with van der Waals surface area (Å²) in [6, 6.07) is 17.5. The first-order valence-electron chi connectivity index (χ1n) is 18.2. The standard InChI is InChI=1S/C40H58N4/c1-3-18-37(38(32-24-25-32)33-26-27-33)43-39-30(2)35-22-14-15-23-36(35)44-40(39)42-34-21-17-20-31(29-34)19-13-11-9-7-5-4-6-8-10-12-16-28-41/h14-15,17,20-23,29,32-33,38H,3-13,16,18-19,24-28,41H2,1-2H3,(H,42,44). The molecule has 0 radical (unpaired) electrons. The van der Waals surface area contributed by atoms with Gasteiger partial charge in [0, 0.05) is 22.7 Å². The zero-order chi connectivity index (χ0) is 30.6. The molecule has 238 valence electrons. The predicted octanol–water partition coefficient (Wildman–Crippen LogP) is 11.4. The van der Waals surface area contributed by atoms with Gasteiger partial charge in [0.15, 0.2) is 5.82 Å². The summed E-state index contributed by atoms with van der Waals surface area (Å²) in [7, 11) is 0. The van der Waals surface area contributed by atoms with Crippen molar-refractivity contribution in [2.45, 2.75) is 129 Å². The van der Waals surface area contributed by atoms with Gasteiger partial charge in [-0.3, -0.25) is 4.99 Å². The maximum absolute atomic E-state index is 5.59. The van der Waals surface area contributed by atoms with E-state index >= 15 is 0 Å². The molecule has 44 heavy (non-hydrogen) atoms. The topological polar surface area (TPSA) is 63.3 Å². The van der Waals surface area contributed by atoms with Crippen LogP contribution in [0.3, 0.4) is 0 Å². The number of pyridine rings is 1. The number of unbranched alkanes of at least 4 members (excludes halogenated alkanes) is 10. The molecule has 0 saturated heterocycles. The summed E-state index contributed by atoms with van der Waals surface area (Å²) in [6.07, 6.45) is 23.6. The second-order valence-corrected chi connectivity index (χ2v) is 13.8. The van der Waals surface area contributed by atoms with Gasteiger partial charge in [0.05, 0.1) is 5.52 Å². The Bertz CT molecular complexity index is 1320. The highest BCUT2D eigenvalue weighted by Crippen LogP contribution is 2.51. The van der Waals surface area contributed by atoms with E-state index in [-0.39, 0.29) is 0 Å². The van der Waals surface area contributed by atoms with Crippen molar-refractivity contribution in [3.8, 4) is 0 Å². The van der Waals surface area contributed by atoms with Crippen LogP contribution in [0.1, 0.15) is 127 Å². The third kappa shape index (κ3) is 9.64. The third-order valence-corrected chi connectivity index (χ3v) is 9.89. The van der Waals surface area contributed by atoms with E-state index in [1.54, 1.807) is 0 Å². The quantitative estimate of drug-likeness (QED) is 0.0952. The van der Waals surface area contributed by atoms with Crippen molar-refractivity contribution >= 4 is 33.8 Å². The van der Waals surface area contributed by atoms with Crippen molar-refractivity contribution in [2.24, 2.45) is 28.5 Å². The minimum Gasteiger partial charge on any atom is -0.338 e. The number of nitrogens with one attached hydrogen (secondary N) is 1. The molecule has 0 unspecified atom stereocenters. The molecule has 0 spiro atoms. The first-order valence-corrected chi connectivity index (χ1v) is 18.2. The first-order chi connectivity index (χ1) is 21.7. The fourth-order valence-electron chi connectivity index (χ4n) is 7.13. The number of aromatic nitrogens is 1. The number of nitrogens with two attached hydrogens (primary N) is 1. The van der Waals surface area contributed by atoms with E-state index in [9.17, 15) is 0 Å². The lowest BCUT2D eigenvalue weighted by Crippen LogP contribution is -2.19. The maximum atomic E-state index is 5.59. The molecule has 2 saturated carbocycles. The molecule has 1 aromatic heterocycles. The van der Waals surface area contributed by atoms with Crippen LogP contribution in [-0.2, 0) is 6.42 Å². The molecule has 4 heteroatoms. The van der Waals surface area contributed by atoms with Crippen molar-refractivity contribution in [3.05, 3.63) is 59.7 Å². The SMILES string of the molecule is CCCC(=Nc1c(Nc2cccc(CCCCCCCCCCCCCN)c2)nc2ccccc2c1C)C(C1CC1)C1CC1. The van der Waals surface area contributed by atoms with Gasteiger partial charge >= 0.3 is 0 Å². The van der Waals surface area contributed by atoms with Crippen LogP contribution in [0.4, 0.5) is 17.2 Å². The molecular weight excluding hydrogens is 536 g/mol. The lowest BCUT2D eigenvalue weighted by molar-refractivity contribution is 0.525. The van der Waals surface area contributed by atoms with Crippen molar-refractivity contribution in [1.82, 2.24) is 4.98 Å². The van der Waals surface area contributed by atoms with Gasteiger partial charge in [0.1, 0.15) is 5.69 Å². The molecule has 0 amide bonds. The van der Waals surface area contributed by atoms with Gasteiger partial charge in [-0.25, -0.2) is 4.98 Å². The zero-order valence-corrected chi connectivity index (χ0v) is 27.8. The van der Waals surface area contributed by atoms with E-state index in [1.165, 1.54) is 119 Å². The highest BCUT2D eigenvalue weighted by Gasteiger charge is 2.43. The molecule has 0 bridgehead atoms. The summed E-state index contributed by atoms with van der Waals surface area (Å²) in [4.78, 5) is 10.7. The third-order valence-electron chi connectivity index (χ3n) is 9.89. The van der Waals surface area contributed by atoms with E-state index in [4.69, 9.17) is 15.7 Å². The van der Waals surface area contributed by atoms with Gasteiger partial charge in [-0.05, 0) is 106 Å². The summed E-state index contributed by atoms with van der Waals surface area (Å²) in [6.45, 7) is 5.38. The van der Waals surface area contributed by atoms with Crippen LogP contribution in [0.2, 0.25) is 0 Å². The molecule has 2 aliphatic carbocycles. The summed E-state index contributed by atoms with van der Waals surface area (Å²) in [5, 5.41) is 4.95. The number of para-hydroxylation sites is 1. The largest absolute Gasteiger partial charge is 0.338 e. The molecule has 3 aromatic rings. The molecule has 0 aliphatic heterocycles. The van der Waals surface area contributed by atoms with Crippen LogP contribution >= 0.6 is 0 Å². The fourth-order valence-corrected chi connectivity index (χ4v) is 7.13. The Kier molecular flexibility index (Phi) is 12.7. The number of fused-ring (bicyclic) bond motifs is 1. The zero-order valence-electron chi connectivity index (χ0n) is 27.8. The maximum Gasteiger partial charge on any atom is 0.157 e. The second-order valence-electron chi connectivity index (χ2n) is 13.8. The number of hydrogen-bond donors (Lipinski definition) is 2. The highest BCUT2D eigenvalue weighted by atomic mass is 15.0. The van der Waals surface area contributed by atoms with Crippen molar-refractivity contribution < 1.29 is 0 Å². The van der Waals surface area contributed by atoms with Crippen molar-refractivity contribution in [1.29, 1.82) is 0 Å². The van der Waals surface area contributed by atoms with Gasteiger partial charge in [0.2, 0.25) is 0 Å². The number of anilines is 2. The minimum absolute atomic E-state index is 0.670. The Balaban J connectivity index is 1.22. The highest BCUT2D eigenvalue weighted by molar-refractivity contribution is 5.96. The normalized spacial score (nSPS) is 15.4. The average Bonchev–Trinajstić information content (AvgIpc) is 3.97. The Morgan fingerprint density at radius 2 is 1.48 bits per heavy atom. The van der Waals surface area contributed by atoms with Gasteiger partial charge < -0.3 is 11.1 Å². The molecule has 5 rings (SSSR count). The summed E-state index contributed by atoms with van der Waals surface area (Å²) >= 11 is 0. The van der Waals surface area contributed by atoms with Gasteiger partial charge in [-0.15, -0.1) is 0 Å². The first kappa shape index (κ1) is 32.7. The fraction of sp³-hybridized carbons (Fsp3) is 0.600. The van der Waals surface area contributed by atoms with Crippen LogP contribution in [0.5, 0.6) is 0 Å². The van der Waals surface area contributed by atoms with E-state index < -0.39 is 0 Å². The summed E-state index contributed by atoms with van der Waals surface area (Å²) in [5.74, 6) is 3.28. The molecule has 4 nitrogen and oxygen atoms in total. The van der Waals surface area contributed by atoms with Crippen LogP contribution in [0.15, 0.2) is 53.5 Å². The summed E-state index contributed by atoms with van der Waals surface area (Å²) in [5.41, 5.74) is 12.9. The Hall–Kier alpha value is -2.72. The van der Waals surface area contributed by atoms with E-state index in [0.29, 0.717) is 5.92 Å². The van der Waals surface area contributed by atoms with Crippen LogP contribution in [0, 0.1) is 24.7 Å². The van der Waals surface area contributed by atoms with Crippen molar-refractivity contribution in [2.75, 3.05) is 11.9 Å². The van der Waals surface area contributed by atoms with Crippen LogP contribution < -0.4 is 11.1 Å². The number of nitrogens with zero attached hydrogens (tertiary/aromatic N) is 2.